The number of hydrogen-bond acceptors (Lipinski definition) is 5. The molecule has 0 bridgehead atoms. The molecule has 0 fully saturated rings. The fraction of sp³-hybridized carbons (Fsp3) is 0.231. The lowest BCUT2D eigenvalue weighted by Gasteiger charge is -2.21. The molecule has 0 aliphatic rings. The Balaban J connectivity index is 1.69. The van der Waals surface area contributed by atoms with Gasteiger partial charge in [-0.2, -0.15) is 5.26 Å². The Morgan fingerprint density at radius 2 is 1.88 bits per heavy atom. The first-order valence-electron chi connectivity index (χ1n) is 10.8. The number of pyridine rings is 1. The van der Waals surface area contributed by atoms with Crippen LogP contribution < -0.4 is 10.5 Å². The molecule has 0 aliphatic heterocycles. The van der Waals surface area contributed by atoms with Crippen LogP contribution in [0.3, 0.4) is 0 Å². The highest BCUT2D eigenvalue weighted by molar-refractivity contribution is 7.22. The maximum absolute atomic E-state index is 13.5. The first-order valence-corrected chi connectivity index (χ1v) is 11.6. The number of carbonyl (C=O) groups is 1. The van der Waals surface area contributed by atoms with Gasteiger partial charge in [0, 0.05) is 12.1 Å². The second-order valence-corrected chi connectivity index (χ2v) is 8.89. The number of anilines is 2. The summed E-state index contributed by atoms with van der Waals surface area (Å²) < 4.78 is 1.02. The van der Waals surface area contributed by atoms with Crippen molar-refractivity contribution in [3.05, 3.63) is 86.8 Å². The van der Waals surface area contributed by atoms with E-state index in [2.05, 4.69) is 11.9 Å². The third kappa shape index (κ3) is 4.43. The highest BCUT2D eigenvalue weighted by Crippen LogP contribution is 2.34. The first-order chi connectivity index (χ1) is 15.9. The number of aromatic nitrogens is 2. The van der Waals surface area contributed by atoms with Crippen molar-refractivity contribution in [3.8, 4) is 6.07 Å². The molecule has 2 heterocycles. The molecule has 7 heteroatoms. The van der Waals surface area contributed by atoms with Gasteiger partial charge in [0.25, 0.3) is 5.56 Å². The number of nitrogens with zero attached hydrogens (tertiary/aromatic N) is 3. The number of para-hydroxylation sites is 1. The number of nitrogens with one attached hydrogen (secondary N) is 1. The van der Waals surface area contributed by atoms with Crippen molar-refractivity contribution in [2.24, 2.45) is 0 Å². The number of carbonyl (C=O) groups excluding carboxylic acids is 1. The summed E-state index contributed by atoms with van der Waals surface area (Å²) in [6, 6.07) is 17.8. The third-order valence-corrected chi connectivity index (χ3v) is 6.86. The average molecular weight is 457 g/mol. The van der Waals surface area contributed by atoms with Crippen molar-refractivity contribution >= 4 is 38.3 Å². The number of H-pyrrole nitrogens is 1. The van der Waals surface area contributed by atoms with Gasteiger partial charge in [-0.15, -0.1) is 0 Å². The van der Waals surface area contributed by atoms with Crippen LogP contribution in [-0.4, -0.2) is 15.9 Å². The van der Waals surface area contributed by atoms with Crippen LogP contribution in [0.5, 0.6) is 0 Å². The summed E-state index contributed by atoms with van der Waals surface area (Å²) in [6.45, 7) is 5.65. The molecule has 0 radical (unpaired) electrons. The summed E-state index contributed by atoms with van der Waals surface area (Å²) in [5.74, 6) is -0.0955. The predicted octanol–water partition coefficient (Wildman–Crippen LogP) is 5.33. The van der Waals surface area contributed by atoms with Crippen LogP contribution in [0.25, 0.3) is 10.2 Å². The van der Waals surface area contributed by atoms with E-state index in [9.17, 15) is 14.9 Å². The molecule has 6 nitrogen and oxygen atoms in total. The Morgan fingerprint density at radius 3 is 2.55 bits per heavy atom. The number of fused-ring (bicyclic) bond motifs is 1. The van der Waals surface area contributed by atoms with E-state index in [-0.39, 0.29) is 17.9 Å². The Morgan fingerprint density at radius 1 is 1.15 bits per heavy atom. The monoisotopic (exact) mass is 456 g/mol. The van der Waals surface area contributed by atoms with Gasteiger partial charge in [0.1, 0.15) is 11.6 Å². The summed E-state index contributed by atoms with van der Waals surface area (Å²) >= 11 is 1.48. The van der Waals surface area contributed by atoms with Crippen LogP contribution in [0.1, 0.15) is 41.3 Å². The minimum Gasteiger partial charge on any atom is -0.325 e. The van der Waals surface area contributed by atoms with Gasteiger partial charge >= 0.3 is 0 Å². The SMILES string of the molecule is CCc1ccc(N(C(=O)CCc2c(C)[nH]c(=O)c(C#N)c2C)c2nc3ccccc3s2)cc1. The molecule has 0 spiro atoms. The molecule has 33 heavy (non-hydrogen) atoms. The number of hydrogen-bond donors (Lipinski definition) is 1. The van der Waals surface area contributed by atoms with Crippen LogP contribution in [0, 0.1) is 25.2 Å². The highest BCUT2D eigenvalue weighted by Gasteiger charge is 2.23. The molecule has 166 valence electrons. The zero-order valence-corrected chi connectivity index (χ0v) is 19.6. The van der Waals surface area contributed by atoms with E-state index in [4.69, 9.17) is 4.98 Å². The van der Waals surface area contributed by atoms with E-state index in [1.807, 2.05) is 54.6 Å². The molecule has 1 amide bonds. The van der Waals surface area contributed by atoms with Gasteiger partial charge in [0.15, 0.2) is 5.13 Å². The highest BCUT2D eigenvalue weighted by atomic mass is 32.1. The van der Waals surface area contributed by atoms with E-state index in [1.54, 1.807) is 18.7 Å². The molecule has 4 rings (SSSR count). The lowest BCUT2D eigenvalue weighted by molar-refractivity contribution is -0.117. The number of thiazole rings is 1. The molecule has 0 atom stereocenters. The Kier molecular flexibility index (Phi) is 6.38. The van der Waals surface area contributed by atoms with Crippen molar-refractivity contribution in [1.82, 2.24) is 9.97 Å². The van der Waals surface area contributed by atoms with Crippen molar-refractivity contribution in [1.29, 1.82) is 5.26 Å². The molecule has 0 saturated carbocycles. The fourth-order valence-electron chi connectivity index (χ4n) is 3.96. The number of benzene rings is 2. The minimum atomic E-state index is -0.394. The van der Waals surface area contributed by atoms with E-state index in [0.717, 1.165) is 27.9 Å². The summed E-state index contributed by atoms with van der Waals surface area (Å²) in [7, 11) is 0. The fourth-order valence-corrected chi connectivity index (χ4v) is 4.97. The summed E-state index contributed by atoms with van der Waals surface area (Å²) in [6.07, 6.45) is 1.54. The standard InChI is InChI=1S/C26H24N4O2S/c1-4-18-9-11-19(12-10-18)30(26-29-22-7-5-6-8-23(22)33-26)24(31)14-13-20-16(2)21(15-27)25(32)28-17(20)3/h5-12H,4,13-14H2,1-3H3,(H,28,32). The third-order valence-electron chi connectivity index (χ3n) is 5.84. The average Bonchev–Trinajstić information content (AvgIpc) is 3.23. The predicted molar refractivity (Wildman–Crippen MR) is 132 cm³/mol. The molecular formula is C26H24N4O2S. The van der Waals surface area contributed by atoms with Crippen molar-refractivity contribution in [2.45, 2.75) is 40.0 Å². The Hall–Kier alpha value is -3.76. The zero-order chi connectivity index (χ0) is 23.5. The number of aromatic amines is 1. The smallest absolute Gasteiger partial charge is 0.266 e. The Bertz CT molecular complexity index is 1390. The van der Waals surface area contributed by atoms with Crippen molar-refractivity contribution in [3.63, 3.8) is 0 Å². The zero-order valence-electron chi connectivity index (χ0n) is 18.8. The number of rotatable bonds is 6. The molecule has 2 aromatic heterocycles. The van der Waals surface area contributed by atoms with Gasteiger partial charge in [-0.25, -0.2) is 4.98 Å². The normalized spacial score (nSPS) is 10.8. The van der Waals surface area contributed by atoms with Crippen LogP contribution in [-0.2, 0) is 17.6 Å². The van der Waals surface area contributed by atoms with E-state index < -0.39 is 5.56 Å². The second-order valence-electron chi connectivity index (χ2n) is 7.88. The van der Waals surface area contributed by atoms with Crippen LogP contribution >= 0.6 is 11.3 Å². The van der Waals surface area contributed by atoms with Gasteiger partial charge in [-0.05, 0) is 67.6 Å². The van der Waals surface area contributed by atoms with Gasteiger partial charge in [-0.1, -0.05) is 42.5 Å². The summed E-state index contributed by atoms with van der Waals surface area (Å²) in [4.78, 5) is 34.7. The lowest BCUT2D eigenvalue weighted by Crippen LogP contribution is -2.26. The number of nitriles is 1. The maximum Gasteiger partial charge on any atom is 0.266 e. The molecular weight excluding hydrogens is 432 g/mol. The molecule has 0 aliphatic carbocycles. The van der Waals surface area contributed by atoms with Gasteiger partial charge in [-0.3, -0.25) is 14.5 Å². The van der Waals surface area contributed by atoms with E-state index >= 15 is 0 Å². The van der Waals surface area contributed by atoms with Crippen LogP contribution in [0.4, 0.5) is 10.8 Å². The van der Waals surface area contributed by atoms with E-state index in [0.29, 0.717) is 22.8 Å². The first kappa shape index (κ1) is 22.4. The molecule has 1 N–H and O–H groups in total. The minimum absolute atomic E-state index is 0.0955. The van der Waals surface area contributed by atoms with Crippen LogP contribution in [0.2, 0.25) is 0 Å². The molecule has 0 saturated heterocycles. The van der Waals surface area contributed by atoms with Crippen molar-refractivity contribution < 1.29 is 4.79 Å². The summed E-state index contributed by atoms with van der Waals surface area (Å²) in [5.41, 5.74) is 4.66. The van der Waals surface area contributed by atoms with Crippen LogP contribution in [0.15, 0.2) is 53.3 Å². The number of aryl methyl sites for hydroxylation is 2. The van der Waals surface area contributed by atoms with Gasteiger partial charge < -0.3 is 4.98 Å². The van der Waals surface area contributed by atoms with Crippen molar-refractivity contribution in [2.75, 3.05) is 4.90 Å². The maximum atomic E-state index is 13.5. The molecule has 4 aromatic rings. The topological polar surface area (TPSA) is 89.9 Å². The summed E-state index contributed by atoms with van der Waals surface area (Å²) in [5, 5.41) is 9.96. The van der Waals surface area contributed by atoms with Gasteiger partial charge in [0.05, 0.1) is 15.9 Å². The largest absolute Gasteiger partial charge is 0.325 e. The van der Waals surface area contributed by atoms with Gasteiger partial charge in [0.2, 0.25) is 5.91 Å². The Labute approximate surface area is 196 Å². The molecule has 2 aromatic carbocycles. The quantitative estimate of drug-likeness (QED) is 0.424. The second kappa shape index (κ2) is 9.39. The number of amides is 1. The lowest BCUT2D eigenvalue weighted by atomic mass is 9.99. The van der Waals surface area contributed by atoms with E-state index in [1.165, 1.54) is 16.9 Å². The molecule has 0 unspecified atom stereocenters.